The summed E-state index contributed by atoms with van der Waals surface area (Å²) < 4.78 is 2.06. The van der Waals surface area contributed by atoms with Crippen LogP contribution in [-0.2, 0) is 11.3 Å². The molecule has 2 amide bonds. The zero-order chi connectivity index (χ0) is 22.5. The number of nitrogens with zero attached hydrogens (tertiary/aromatic N) is 3. The Morgan fingerprint density at radius 3 is 2.47 bits per heavy atom. The van der Waals surface area contributed by atoms with Gasteiger partial charge in [0.1, 0.15) is 5.82 Å². The van der Waals surface area contributed by atoms with Crippen LogP contribution in [0.3, 0.4) is 0 Å². The maximum Gasteiger partial charge on any atom is 0.253 e. The Hall–Kier alpha value is -2.86. The molecule has 7 heteroatoms. The molecule has 1 atom stereocenters. The lowest BCUT2D eigenvalue weighted by Crippen LogP contribution is -2.33. The summed E-state index contributed by atoms with van der Waals surface area (Å²) in [4.78, 5) is 32.4. The van der Waals surface area contributed by atoms with Crippen molar-refractivity contribution in [2.75, 3.05) is 13.1 Å². The van der Waals surface area contributed by atoms with Crippen LogP contribution < -0.4 is 5.32 Å². The monoisotopic (exact) mass is 452 g/mol. The highest BCUT2D eigenvalue weighted by Crippen LogP contribution is 2.23. The number of carbonyl (C=O) groups excluding carboxylic acids is 2. The van der Waals surface area contributed by atoms with Crippen LogP contribution in [0.25, 0.3) is 11.0 Å². The molecule has 1 aromatic heterocycles. The van der Waals surface area contributed by atoms with Gasteiger partial charge in [-0.2, -0.15) is 0 Å². The number of aromatic nitrogens is 2. The van der Waals surface area contributed by atoms with Crippen LogP contribution in [0.1, 0.15) is 61.3 Å². The molecule has 1 aliphatic rings. The van der Waals surface area contributed by atoms with Crippen LogP contribution >= 0.6 is 11.6 Å². The fraction of sp³-hybridized carbons (Fsp3) is 0.400. The molecule has 3 aromatic rings. The van der Waals surface area contributed by atoms with E-state index in [-0.39, 0.29) is 17.9 Å². The Labute approximate surface area is 193 Å². The number of hydrogen-bond donors (Lipinski definition) is 1. The topological polar surface area (TPSA) is 67.2 Å². The lowest BCUT2D eigenvalue weighted by atomic mass is 10.2. The Balaban J connectivity index is 1.54. The number of benzene rings is 2. The zero-order valence-electron chi connectivity index (χ0n) is 18.4. The van der Waals surface area contributed by atoms with Crippen molar-refractivity contribution in [2.45, 2.75) is 51.6 Å². The minimum Gasteiger partial charge on any atom is -0.343 e. The summed E-state index contributed by atoms with van der Waals surface area (Å²) in [6.45, 7) is 4.13. The molecule has 0 bridgehead atoms. The van der Waals surface area contributed by atoms with Crippen molar-refractivity contribution < 1.29 is 9.59 Å². The number of nitrogens with one attached hydrogen (secondary N) is 1. The van der Waals surface area contributed by atoms with Gasteiger partial charge in [0.25, 0.3) is 5.91 Å². The third kappa shape index (κ3) is 4.96. The third-order valence-electron chi connectivity index (χ3n) is 6.05. The summed E-state index contributed by atoms with van der Waals surface area (Å²) in [5, 5.41) is 3.42. The van der Waals surface area contributed by atoms with Gasteiger partial charge in [0.05, 0.1) is 27.7 Å². The first-order chi connectivity index (χ1) is 15.5. The number of halogens is 1. The third-order valence-corrected chi connectivity index (χ3v) is 6.38. The van der Waals surface area contributed by atoms with Crippen molar-refractivity contribution in [2.24, 2.45) is 0 Å². The van der Waals surface area contributed by atoms with Gasteiger partial charge in [0.15, 0.2) is 0 Å². The first-order valence-electron chi connectivity index (χ1n) is 11.3. The first-order valence-corrected chi connectivity index (χ1v) is 11.7. The fourth-order valence-electron chi connectivity index (χ4n) is 4.33. The van der Waals surface area contributed by atoms with Crippen molar-refractivity contribution >= 4 is 34.4 Å². The van der Waals surface area contributed by atoms with Crippen molar-refractivity contribution in [3.05, 3.63) is 64.9 Å². The number of fused-ring (bicyclic) bond motifs is 1. The summed E-state index contributed by atoms with van der Waals surface area (Å²) in [6, 6.07) is 14.5. The molecule has 6 nitrogen and oxygen atoms in total. The number of rotatable bonds is 6. The predicted octanol–water partition coefficient (Wildman–Crippen LogP) is 4.97. The van der Waals surface area contributed by atoms with E-state index >= 15 is 0 Å². The molecule has 1 N–H and O–H groups in total. The molecular formula is C25H29ClN4O2. The summed E-state index contributed by atoms with van der Waals surface area (Å²) >= 11 is 6.19. The fourth-order valence-corrected chi connectivity index (χ4v) is 4.55. The maximum atomic E-state index is 12.9. The second-order valence-corrected chi connectivity index (χ2v) is 8.74. The molecule has 2 heterocycles. The molecule has 168 valence electrons. The summed E-state index contributed by atoms with van der Waals surface area (Å²) in [7, 11) is 0. The average molecular weight is 453 g/mol. The lowest BCUT2D eigenvalue weighted by molar-refractivity contribution is -0.131. The molecule has 0 radical (unpaired) electrons. The number of amides is 2. The largest absolute Gasteiger partial charge is 0.343 e. The van der Waals surface area contributed by atoms with Gasteiger partial charge in [-0.1, -0.05) is 48.7 Å². The van der Waals surface area contributed by atoms with Crippen LogP contribution in [0.2, 0.25) is 5.02 Å². The molecule has 1 unspecified atom stereocenters. The maximum absolute atomic E-state index is 12.9. The van der Waals surface area contributed by atoms with E-state index in [4.69, 9.17) is 16.6 Å². The highest BCUT2D eigenvalue weighted by molar-refractivity contribution is 6.33. The predicted molar refractivity (Wildman–Crippen MR) is 127 cm³/mol. The Morgan fingerprint density at radius 1 is 1.03 bits per heavy atom. The summed E-state index contributed by atoms with van der Waals surface area (Å²) in [5.41, 5.74) is 2.24. The SMILES string of the molecule is CC(NC(=O)c1ccccc1Cl)c1nc2ccccc2n1CCC(=O)N1CCCCCC1. The van der Waals surface area contributed by atoms with Crippen LogP contribution in [-0.4, -0.2) is 39.4 Å². The van der Waals surface area contributed by atoms with Crippen molar-refractivity contribution in [3.8, 4) is 0 Å². The van der Waals surface area contributed by atoms with Gasteiger partial charge in [-0.25, -0.2) is 4.98 Å². The molecule has 1 aliphatic heterocycles. The smallest absolute Gasteiger partial charge is 0.253 e. The summed E-state index contributed by atoms with van der Waals surface area (Å²) in [5.74, 6) is 0.668. The molecule has 4 rings (SSSR count). The van der Waals surface area contributed by atoms with Crippen molar-refractivity contribution in [1.82, 2.24) is 19.8 Å². The molecule has 1 fully saturated rings. The molecule has 0 spiro atoms. The van der Waals surface area contributed by atoms with Crippen LogP contribution in [0.5, 0.6) is 0 Å². The number of carbonyl (C=O) groups is 2. The number of likely N-dealkylation sites (tertiary alicyclic amines) is 1. The average Bonchev–Trinajstić information content (AvgIpc) is 2.95. The second kappa shape index (κ2) is 10.2. The van der Waals surface area contributed by atoms with E-state index < -0.39 is 0 Å². The van der Waals surface area contributed by atoms with E-state index in [9.17, 15) is 9.59 Å². The Bertz CT molecular complexity index is 1100. The molecule has 32 heavy (non-hydrogen) atoms. The van der Waals surface area contributed by atoms with Gasteiger partial charge in [-0.15, -0.1) is 0 Å². The van der Waals surface area contributed by atoms with E-state index in [1.165, 1.54) is 12.8 Å². The number of aryl methyl sites for hydroxylation is 1. The highest BCUT2D eigenvalue weighted by atomic mass is 35.5. The van der Waals surface area contributed by atoms with Gasteiger partial charge >= 0.3 is 0 Å². The standard InChI is InChI=1S/C25H29ClN4O2/c1-18(27-25(32)19-10-4-5-11-20(19)26)24-28-21-12-6-7-13-22(21)30(24)17-14-23(31)29-15-8-2-3-9-16-29/h4-7,10-13,18H,2-3,8-9,14-17H2,1H3,(H,27,32). The minimum atomic E-state index is -0.348. The van der Waals surface area contributed by atoms with Gasteiger partial charge in [-0.3, -0.25) is 9.59 Å². The first kappa shape index (κ1) is 22.3. The lowest BCUT2D eigenvalue weighted by Gasteiger charge is -2.21. The minimum absolute atomic E-state index is 0.184. The van der Waals surface area contributed by atoms with Crippen LogP contribution in [0.15, 0.2) is 48.5 Å². The molecular weight excluding hydrogens is 424 g/mol. The number of hydrogen-bond acceptors (Lipinski definition) is 3. The van der Waals surface area contributed by atoms with E-state index in [2.05, 4.69) is 9.88 Å². The van der Waals surface area contributed by atoms with Crippen LogP contribution in [0.4, 0.5) is 0 Å². The van der Waals surface area contributed by atoms with E-state index in [1.54, 1.807) is 24.3 Å². The second-order valence-electron chi connectivity index (χ2n) is 8.33. The Kier molecular flexibility index (Phi) is 7.10. The molecule has 0 saturated carbocycles. The normalized spacial score (nSPS) is 15.4. The Morgan fingerprint density at radius 2 is 1.72 bits per heavy atom. The molecule has 2 aromatic carbocycles. The zero-order valence-corrected chi connectivity index (χ0v) is 19.1. The quantitative estimate of drug-likeness (QED) is 0.574. The van der Waals surface area contributed by atoms with Gasteiger partial charge < -0.3 is 14.8 Å². The van der Waals surface area contributed by atoms with Gasteiger partial charge in [0.2, 0.25) is 5.91 Å². The van der Waals surface area contributed by atoms with Crippen LogP contribution in [0, 0.1) is 0 Å². The van der Waals surface area contributed by atoms with Crippen molar-refractivity contribution in [1.29, 1.82) is 0 Å². The number of imidazole rings is 1. The van der Waals surface area contributed by atoms with E-state index in [0.29, 0.717) is 23.6 Å². The molecule has 1 saturated heterocycles. The van der Waals surface area contributed by atoms with E-state index in [0.717, 1.165) is 42.8 Å². The highest BCUT2D eigenvalue weighted by Gasteiger charge is 2.22. The molecule has 0 aliphatic carbocycles. The van der Waals surface area contributed by atoms with Gasteiger partial charge in [0, 0.05) is 26.1 Å². The van der Waals surface area contributed by atoms with Crippen molar-refractivity contribution in [3.63, 3.8) is 0 Å². The van der Waals surface area contributed by atoms with Gasteiger partial charge in [-0.05, 0) is 44.0 Å². The van der Waals surface area contributed by atoms with E-state index in [1.807, 2.05) is 36.1 Å². The number of para-hydroxylation sites is 2. The summed E-state index contributed by atoms with van der Waals surface area (Å²) in [6.07, 6.45) is 4.97.